The minimum Gasteiger partial charge on any atom is -0.503 e. The van der Waals surface area contributed by atoms with E-state index in [1.165, 1.54) is 24.0 Å². The summed E-state index contributed by atoms with van der Waals surface area (Å²) >= 11 is 5.39. The molecule has 172 valence electrons. The van der Waals surface area contributed by atoms with Crippen molar-refractivity contribution in [3.63, 3.8) is 0 Å². The second-order valence-electron chi connectivity index (χ2n) is 9.21. The highest BCUT2D eigenvalue weighted by atomic mass is 32.1. The van der Waals surface area contributed by atoms with Gasteiger partial charge in [-0.3, -0.25) is 4.79 Å². The third-order valence-electron chi connectivity index (χ3n) is 7.36. The first-order valence-corrected chi connectivity index (χ1v) is 12.0. The van der Waals surface area contributed by atoms with Gasteiger partial charge >= 0.3 is 0 Å². The number of hydrogen-bond donors (Lipinski definition) is 1. The van der Waals surface area contributed by atoms with Crippen LogP contribution in [0.2, 0.25) is 0 Å². The number of ether oxygens (including phenoxy) is 1. The number of fused-ring (bicyclic) bond motifs is 1. The second-order valence-corrected chi connectivity index (χ2v) is 9.60. The summed E-state index contributed by atoms with van der Waals surface area (Å²) in [5, 5.41) is 10.7. The Morgan fingerprint density at radius 3 is 2.75 bits per heavy atom. The highest BCUT2D eigenvalue weighted by Crippen LogP contribution is 2.44. The van der Waals surface area contributed by atoms with E-state index in [-0.39, 0.29) is 33.4 Å². The average Bonchev–Trinajstić information content (AvgIpc) is 3.28. The summed E-state index contributed by atoms with van der Waals surface area (Å²) < 4.78 is 7.30. The fourth-order valence-electron chi connectivity index (χ4n) is 5.39. The van der Waals surface area contributed by atoms with Crippen LogP contribution in [-0.4, -0.2) is 52.3 Å². The van der Waals surface area contributed by atoms with E-state index in [0.717, 1.165) is 31.5 Å². The summed E-state index contributed by atoms with van der Waals surface area (Å²) in [5.74, 6) is 0.410. The standard InChI is InChI=1S/C25H33N3O3S/c1-4-17-8-7-9-18(14-17)25(11-5-6-12-25)15-20-26-23(32)22(29)21-24(30)27(2)19(10-13-31-3)16-28(20)21/h7-9,14,19,29H,4-6,10-13,15-16H2,1-3H3/t19-/m0/s1. The van der Waals surface area contributed by atoms with E-state index in [1.54, 1.807) is 19.1 Å². The fourth-order valence-corrected chi connectivity index (χ4v) is 5.59. The predicted molar refractivity (Wildman–Crippen MR) is 127 cm³/mol. The summed E-state index contributed by atoms with van der Waals surface area (Å²) in [6.07, 6.45) is 6.98. The van der Waals surface area contributed by atoms with E-state index in [9.17, 15) is 9.90 Å². The van der Waals surface area contributed by atoms with Crippen molar-refractivity contribution < 1.29 is 14.6 Å². The zero-order valence-electron chi connectivity index (χ0n) is 19.3. The number of amides is 1. The smallest absolute Gasteiger partial charge is 0.274 e. The highest BCUT2D eigenvalue weighted by Gasteiger charge is 2.40. The van der Waals surface area contributed by atoms with Gasteiger partial charge in [-0.15, -0.1) is 0 Å². The van der Waals surface area contributed by atoms with Crippen molar-refractivity contribution in [2.75, 3.05) is 20.8 Å². The van der Waals surface area contributed by atoms with Crippen molar-refractivity contribution in [1.29, 1.82) is 0 Å². The molecule has 2 aliphatic rings. The van der Waals surface area contributed by atoms with Gasteiger partial charge in [0, 0.05) is 39.1 Å². The van der Waals surface area contributed by atoms with Crippen LogP contribution >= 0.6 is 12.2 Å². The lowest BCUT2D eigenvalue weighted by Crippen LogP contribution is -2.47. The lowest BCUT2D eigenvalue weighted by atomic mass is 9.75. The molecule has 1 aromatic heterocycles. The maximum Gasteiger partial charge on any atom is 0.274 e. The Kier molecular flexibility index (Phi) is 6.67. The first-order chi connectivity index (χ1) is 15.4. The molecule has 1 saturated carbocycles. The van der Waals surface area contributed by atoms with Gasteiger partial charge in [-0.25, -0.2) is 4.98 Å². The molecule has 0 bridgehead atoms. The Bertz CT molecular complexity index is 1060. The molecule has 0 unspecified atom stereocenters. The van der Waals surface area contributed by atoms with Gasteiger partial charge < -0.3 is 19.3 Å². The number of aromatic nitrogens is 2. The number of aryl methyl sites for hydroxylation is 1. The van der Waals surface area contributed by atoms with Gasteiger partial charge in [-0.2, -0.15) is 0 Å². The van der Waals surface area contributed by atoms with Crippen molar-refractivity contribution in [1.82, 2.24) is 14.5 Å². The Balaban J connectivity index is 1.79. The van der Waals surface area contributed by atoms with Gasteiger partial charge in [0.25, 0.3) is 5.91 Å². The van der Waals surface area contributed by atoms with Gasteiger partial charge in [-0.05, 0) is 36.8 Å². The number of nitrogens with zero attached hydrogens (tertiary/aromatic N) is 3. The van der Waals surface area contributed by atoms with Gasteiger partial charge in [0.05, 0.1) is 6.04 Å². The summed E-state index contributed by atoms with van der Waals surface area (Å²) in [5.41, 5.74) is 2.93. The van der Waals surface area contributed by atoms with E-state index in [2.05, 4.69) is 36.2 Å². The number of carbonyl (C=O) groups is 1. The molecule has 4 rings (SSSR count). The van der Waals surface area contributed by atoms with Crippen molar-refractivity contribution in [3.8, 4) is 5.75 Å². The third kappa shape index (κ3) is 4.08. The zero-order chi connectivity index (χ0) is 22.9. The van der Waals surface area contributed by atoms with Crippen LogP contribution in [0.1, 0.15) is 66.5 Å². The lowest BCUT2D eigenvalue weighted by Gasteiger charge is -2.38. The van der Waals surface area contributed by atoms with Crippen LogP contribution in [0.3, 0.4) is 0 Å². The number of hydrogen-bond acceptors (Lipinski definition) is 5. The zero-order valence-corrected chi connectivity index (χ0v) is 20.1. The van der Waals surface area contributed by atoms with E-state index in [0.29, 0.717) is 19.6 Å². The molecule has 2 aromatic rings. The molecule has 1 fully saturated rings. The van der Waals surface area contributed by atoms with Crippen LogP contribution in [0.5, 0.6) is 5.75 Å². The van der Waals surface area contributed by atoms with E-state index >= 15 is 0 Å². The van der Waals surface area contributed by atoms with E-state index < -0.39 is 0 Å². The predicted octanol–water partition coefficient (Wildman–Crippen LogP) is 4.43. The maximum atomic E-state index is 13.2. The van der Waals surface area contributed by atoms with Crippen LogP contribution in [0.4, 0.5) is 0 Å². The molecule has 1 aliphatic carbocycles. The third-order valence-corrected chi connectivity index (χ3v) is 7.65. The molecule has 1 atom stereocenters. The monoisotopic (exact) mass is 455 g/mol. The van der Waals surface area contributed by atoms with Gasteiger partial charge in [0.1, 0.15) is 5.82 Å². The summed E-state index contributed by atoms with van der Waals surface area (Å²) in [6.45, 7) is 3.33. The SMILES string of the molecule is CCc1cccc(C2(Cc3nc(=S)c(O)c4n3C[C@H](CCOC)N(C)C4=O)CCCC2)c1. The first kappa shape index (κ1) is 22.9. The molecule has 0 saturated heterocycles. The van der Waals surface area contributed by atoms with Crippen LogP contribution < -0.4 is 0 Å². The minimum atomic E-state index is -0.210. The number of aromatic hydroxyl groups is 1. The first-order valence-electron chi connectivity index (χ1n) is 11.6. The van der Waals surface area contributed by atoms with Gasteiger partial charge in [0.2, 0.25) is 0 Å². The molecule has 2 heterocycles. The quantitative estimate of drug-likeness (QED) is 0.626. The fraction of sp³-hybridized carbons (Fsp3) is 0.560. The van der Waals surface area contributed by atoms with Crippen LogP contribution in [0.15, 0.2) is 24.3 Å². The highest BCUT2D eigenvalue weighted by molar-refractivity contribution is 7.71. The average molecular weight is 456 g/mol. The van der Waals surface area contributed by atoms with Gasteiger partial charge in [0.15, 0.2) is 16.1 Å². The summed E-state index contributed by atoms with van der Waals surface area (Å²) in [4.78, 5) is 19.6. The Morgan fingerprint density at radius 1 is 1.31 bits per heavy atom. The number of likely N-dealkylation sites (N-methyl/N-ethyl adjacent to an activating group) is 1. The van der Waals surface area contributed by atoms with Crippen molar-refractivity contribution in [3.05, 3.63) is 51.6 Å². The molecule has 1 amide bonds. The number of methoxy groups -OCH3 is 1. The number of carbonyl (C=O) groups excluding carboxylic acids is 1. The summed E-state index contributed by atoms with van der Waals surface area (Å²) in [7, 11) is 3.45. The summed E-state index contributed by atoms with van der Waals surface area (Å²) in [6, 6.07) is 8.88. The molecular weight excluding hydrogens is 422 g/mol. The molecule has 1 aliphatic heterocycles. The van der Waals surface area contributed by atoms with E-state index in [1.807, 2.05) is 4.57 Å². The molecule has 0 spiro atoms. The molecule has 6 nitrogen and oxygen atoms in total. The van der Waals surface area contributed by atoms with Crippen molar-refractivity contribution in [2.24, 2.45) is 0 Å². The Labute approximate surface area is 195 Å². The Hall–Kier alpha value is -2.25. The molecular formula is C25H33N3O3S. The van der Waals surface area contributed by atoms with Gasteiger partial charge in [-0.1, -0.05) is 56.2 Å². The van der Waals surface area contributed by atoms with Crippen LogP contribution in [0.25, 0.3) is 0 Å². The topological polar surface area (TPSA) is 67.6 Å². The Morgan fingerprint density at radius 2 is 2.06 bits per heavy atom. The molecule has 1 N–H and O–H groups in total. The van der Waals surface area contributed by atoms with Crippen LogP contribution in [-0.2, 0) is 29.5 Å². The van der Waals surface area contributed by atoms with Crippen molar-refractivity contribution in [2.45, 2.75) is 69.9 Å². The molecule has 7 heteroatoms. The number of rotatable bonds is 7. The number of benzene rings is 1. The van der Waals surface area contributed by atoms with E-state index in [4.69, 9.17) is 17.0 Å². The maximum absolute atomic E-state index is 13.2. The normalized spacial score (nSPS) is 19.9. The van der Waals surface area contributed by atoms with Crippen molar-refractivity contribution >= 4 is 18.1 Å². The molecule has 32 heavy (non-hydrogen) atoms. The van der Waals surface area contributed by atoms with Crippen LogP contribution in [0, 0.1) is 4.64 Å². The largest absolute Gasteiger partial charge is 0.503 e. The second kappa shape index (κ2) is 9.32. The minimum absolute atomic E-state index is 0.0150. The molecule has 1 aromatic carbocycles. The molecule has 0 radical (unpaired) electrons. The lowest BCUT2D eigenvalue weighted by molar-refractivity contribution is 0.0589.